The van der Waals surface area contributed by atoms with Crippen LogP contribution in [0.3, 0.4) is 0 Å². The monoisotopic (exact) mass is 316 g/mol. The first kappa shape index (κ1) is 13.6. The van der Waals surface area contributed by atoms with E-state index < -0.39 is 5.91 Å². The molecule has 1 amide bonds. The van der Waals surface area contributed by atoms with Crippen LogP contribution in [0.25, 0.3) is 10.6 Å². The van der Waals surface area contributed by atoms with Gasteiger partial charge in [-0.05, 0) is 12.1 Å². The molecule has 7 heteroatoms. The lowest BCUT2D eigenvalue weighted by molar-refractivity contribution is 0.100. The molecule has 2 heterocycles. The Hall–Kier alpha value is -0.820. The van der Waals surface area contributed by atoms with Crippen LogP contribution in [0.15, 0.2) is 33.5 Å². The van der Waals surface area contributed by atoms with E-state index in [4.69, 9.17) is 17.3 Å². The molecule has 0 aliphatic rings. The van der Waals surface area contributed by atoms with Crippen molar-refractivity contribution in [2.45, 2.75) is 4.34 Å². The van der Waals surface area contributed by atoms with Crippen molar-refractivity contribution in [1.29, 1.82) is 0 Å². The van der Waals surface area contributed by atoms with E-state index in [-0.39, 0.29) is 0 Å². The summed E-state index contributed by atoms with van der Waals surface area (Å²) in [7, 11) is 0. The van der Waals surface area contributed by atoms with Crippen molar-refractivity contribution in [3.05, 3.63) is 34.0 Å². The summed E-state index contributed by atoms with van der Waals surface area (Å²) in [4.78, 5) is 17.0. The van der Waals surface area contributed by atoms with Gasteiger partial charge < -0.3 is 5.73 Å². The van der Waals surface area contributed by atoms with Crippen LogP contribution in [0.1, 0.15) is 9.67 Å². The third-order valence-electron chi connectivity index (χ3n) is 1.98. The lowest BCUT2D eigenvalue weighted by Gasteiger charge is -1.90. The third kappa shape index (κ3) is 3.35. The Labute approximate surface area is 122 Å². The van der Waals surface area contributed by atoms with Crippen LogP contribution in [0.4, 0.5) is 0 Å². The lowest BCUT2D eigenvalue weighted by Crippen LogP contribution is -2.07. The van der Waals surface area contributed by atoms with E-state index in [2.05, 4.69) is 4.98 Å². The lowest BCUT2D eigenvalue weighted by atomic mass is 10.3. The number of thioether (sulfide) groups is 1. The number of hydrogen-bond donors (Lipinski definition) is 1. The normalized spacial score (nSPS) is 11.2. The summed E-state index contributed by atoms with van der Waals surface area (Å²) in [5.41, 5.74) is 7.60. The molecule has 0 atom stereocenters. The van der Waals surface area contributed by atoms with E-state index in [9.17, 15) is 4.79 Å². The van der Waals surface area contributed by atoms with Crippen molar-refractivity contribution in [1.82, 2.24) is 4.98 Å². The molecule has 0 saturated heterocycles. The predicted molar refractivity (Wildman–Crippen MR) is 79.7 cm³/mol. The second-order valence-corrected chi connectivity index (χ2v) is 6.66. The number of rotatable bonds is 5. The summed E-state index contributed by atoms with van der Waals surface area (Å²) in [5.74, 6) is 0.399. The molecule has 0 radical (unpaired) electrons. The summed E-state index contributed by atoms with van der Waals surface area (Å²) in [6.07, 6.45) is 1.86. The molecule has 3 nitrogen and oxygen atoms in total. The Morgan fingerprint density at radius 2 is 2.39 bits per heavy atom. The summed E-state index contributed by atoms with van der Waals surface area (Å²) >= 11 is 10.0. The summed E-state index contributed by atoms with van der Waals surface area (Å²) in [6.45, 7) is 0. The van der Waals surface area contributed by atoms with Crippen LogP contribution in [0.2, 0.25) is 0 Å². The minimum atomic E-state index is -0.400. The molecule has 0 aliphatic heterocycles. The fraction of sp³-hybridized carbons (Fsp3) is 0.0909. The van der Waals surface area contributed by atoms with E-state index in [0.717, 1.165) is 20.7 Å². The van der Waals surface area contributed by atoms with Gasteiger partial charge in [0.2, 0.25) is 0 Å². The highest BCUT2D eigenvalue weighted by Gasteiger charge is 2.10. The number of hydrogen-bond acceptors (Lipinski definition) is 5. The van der Waals surface area contributed by atoms with Crippen LogP contribution in [0, 0.1) is 0 Å². The number of carbonyl (C=O) groups is 1. The number of thiazole rings is 1. The molecule has 2 aromatic rings. The highest BCUT2D eigenvalue weighted by molar-refractivity contribution is 8.01. The molecule has 0 aliphatic carbocycles. The fourth-order valence-electron chi connectivity index (χ4n) is 1.20. The van der Waals surface area contributed by atoms with Gasteiger partial charge in [-0.25, -0.2) is 4.98 Å². The molecule has 2 aromatic heterocycles. The number of carbonyl (C=O) groups excluding carboxylic acids is 1. The number of nitrogens with zero attached hydrogens (tertiary/aromatic N) is 1. The highest BCUT2D eigenvalue weighted by atomic mass is 35.5. The van der Waals surface area contributed by atoms with Crippen molar-refractivity contribution >= 4 is 51.9 Å². The fourth-order valence-corrected chi connectivity index (χ4v) is 3.95. The number of halogens is 1. The van der Waals surface area contributed by atoms with E-state index in [1.807, 2.05) is 17.5 Å². The molecular formula is C11H9ClN2OS3. The molecule has 0 bridgehead atoms. The molecule has 0 aromatic carbocycles. The zero-order valence-electron chi connectivity index (χ0n) is 9.13. The largest absolute Gasteiger partial charge is 0.365 e. The van der Waals surface area contributed by atoms with E-state index in [1.54, 1.807) is 29.2 Å². The second-order valence-electron chi connectivity index (χ2n) is 3.20. The average Bonchev–Trinajstić information content (AvgIpc) is 2.97. The highest BCUT2D eigenvalue weighted by Crippen LogP contribution is 2.32. The molecule has 0 fully saturated rings. The smallest absolute Gasteiger partial charge is 0.258 e. The van der Waals surface area contributed by atoms with Crippen LogP contribution >= 0.6 is 46.0 Å². The number of nitrogens with two attached hydrogens (primary N) is 1. The Balaban J connectivity index is 2.11. The van der Waals surface area contributed by atoms with Gasteiger partial charge in [0.1, 0.15) is 0 Å². The zero-order chi connectivity index (χ0) is 13.0. The van der Waals surface area contributed by atoms with Crippen LogP contribution in [-0.2, 0) is 0 Å². The Bertz CT molecular complexity index is 576. The van der Waals surface area contributed by atoms with Crippen molar-refractivity contribution in [2.75, 3.05) is 5.75 Å². The maximum absolute atomic E-state index is 11.0. The van der Waals surface area contributed by atoms with Gasteiger partial charge in [-0.3, -0.25) is 4.79 Å². The van der Waals surface area contributed by atoms with Gasteiger partial charge in [0.05, 0.1) is 15.4 Å². The minimum Gasteiger partial charge on any atom is -0.365 e. The first-order valence-corrected chi connectivity index (χ1v) is 8.06. The molecule has 0 spiro atoms. The number of aromatic nitrogens is 1. The number of thiophene rings is 1. The molecule has 0 unspecified atom stereocenters. The van der Waals surface area contributed by atoms with Gasteiger partial charge in [-0.1, -0.05) is 29.4 Å². The van der Waals surface area contributed by atoms with E-state index in [1.165, 1.54) is 16.9 Å². The zero-order valence-corrected chi connectivity index (χ0v) is 12.3. The predicted octanol–water partition coefficient (Wildman–Crippen LogP) is 3.82. The van der Waals surface area contributed by atoms with Gasteiger partial charge in [0, 0.05) is 16.7 Å². The maximum Gasteiger partial charge on any atom is 0.258 e. The van der Waals surface area contributed by atoms with Crippen molar-refractivity contribution in [2.24, 2.45) is 5.73 Å². The third-order valence-corrected chi connectivity index (χ3v) is 5.25. The standard InChI is InChI=1S/C11H9ClN2OS3/c12-4-1-5-16-11-14-7(6-17-11)8-2-3-9(18-8)10(13)15/h1-4,6H,5H2,(H2,13,15)/b4-1+. The molecule has 94 valence electrons. The maximum atomic E-state index is 11.0. The molecule has 2 N–H and O–H groups in total. The van der Waals surface area contributed by atoms with Crippen LogP contribution in [-0.4, -0.2) is 16.6 Å². The molecule has 18 heavy (non-hydrogen) atoms. The van der Waals surface area contributed by atoms with Gasteiger partial charge in [-0.15, -0.1) is 22.7 Å². The average molecular weight is 317 g/mol. The van der Waals surface area contributed by atoms with E-state index in [0.29, 0.717) is 4.88 Å². The quantitative estimate of drug-likeness (QED) is 0.853. The summed E-state index contributed by atoms with van der Waals surface area (Å²) in [6, 6.07) is 3.59. The van der Waals surface area contributed by atoms with E-state index >= 15 is 0 Å². The van der Waals surface area contributed by atoms with Crippen molar-refractivity contribution < 1.29 is 4.79 Å². The number of primary amides is 1. The van der Waals surface area contributed by atoms with Gasteiger partial charge in [0.15, 0.2) is 4.34 Å². The first-order valence-electron chi connectivity index (χ1n) is 4.94. The second kappa shape index (κ2) is 6.38. The van der Waals surface area contributed by atoms with Gasteiger partial charge >= 0.3 is 0 Å². The molecule has 2 rings (SSSR count). The van der Waals surface area contributed by atoms with Crippen LogP contribution < -0.4 is 5.73 Å². The van der Waals surface area contributed by atoms with Crippen molar-refractivity contribution in [3.8, 4) is 10.6 Å². The summed E-state index contributed by atoms with van der Waals surface area (Å²) in [5, 5.41) is 1.98. The minimum absolute atomic E-state index is 0.400. The summed E-state index contributed by atoms with van der Waals surface area (Å²) < 4.78 is 0.980. The molecule has 0 saturated carbocycles. The van der Waals surface area contributed by atoms with Crippen LogP contribution in [0.5, 0.6) is 0 Å². The first-order chi connectivity index (χ1) is 8.70. The Morgan fingerprint density at radius 3 is 3.06 bits per heavy atom. The SMILES string of the molecule is NC(=O)c1ccc(-c2csc(SC/C=C/Cl)n2)s1. The Morgan fingerprint density at radius 1 is 1.56 bits per heavy atom. The van der Waals surface area contributed by atoms with Crippen molar-refractivity contribution in [3.63, 3.8) is 0 Å². The molecular weight excluding hydrogens is 308 g/mol. The van der Waals surface area contributed by atoms with Gasteiger partial charge in [0.25, 0.3) is 5.91 Å². The Kier molecular flexibility index (Phi) is 4.82. The topological polar surface area (TPSA) is 56.0 Å². The van der Waals surface area contributed by atoms with Gasteiger partial charge in [-0.2, -0.15) is 0 Å². The number of amides is 1.